The molecule has 22 heavy (non-hydrogen) atoms. The Bertz CT molecular complexity index is 541. The molecule has 1 aromatic heterocycles. The Hall–Kier alpha value is -1.91. The normalized spacial score (nSPS) is 15.6. The van der Waals surface area contributed by atoms with Gasteiger partial charge in [-0.05, 0) is 24.3 Å². The Morgan fingerprint density at radius 3 is 2.50 bits per heavy atom. The second-order valence-electron chi connectivity index (χ2n) is 5.53. The minimum atomic E-state index is 0.842. The monoisotopic (exact) mass is 297 g/mol. The molecule has 4 nitrogen and oxygen atoms in total. The summed E-state index contributed by atoms with van der Waals surface area (Å²) < 4.78 is 5.42. The molecule has 0 N–H and O–H groups in total. The first-order valence-corrected chi connectivity index (χ1v) is 7.92. The van der Waals surface area contributed by atoms with Gasteiger partial charge in [0, 0.05) is 38.1 Å². The fourth-order valence-corrected chi connectivity index (χ4v) is 2.71. The lowest BCUT2D eigenvalue weighted by Gasteiger charge is -2.31. The largest absolute Gasteiger partial charge is 0.379 e. The van der Waals surface area contributed by atoms with Crippen LogP contribution in [0.3, 0.4) is 0 Å². The topological polar surface area (TPSA) is 28.6 Å². The van der Waals surface area contributed by atoms with Gasteiger partial charge in [0.15, 0.2) is 0 Å². The number of pyridine rings is 1. The average molecular weight is 297 g/mol. The molecule has 116 valence electrons. The Morgan fingerprint density at radius 2 is 1.77 bits per heavy atom. The summed E-state index contributed by atoms with van der Waals surface area (Å²) in [5.74, 6) is 0. The number of ether oxygens (including phenoxy) is 1. The Kier molecular flexibility index (Phi) is 5.40. The molecule has 0 unspecified atom stereocenters. The summed E-state index contributed by atoms with van der Waals surface area (Å²) in [5, 5.41) is 0. The quantitative estimate of drug-likeness (QED) is 0.819. The highest BCUT2D eigenvalue weighted by molar-refractivity contribution is 5.46. The SMILES string of the molecule is c1ccc(N(CCN2CCOCC2)Cc2ccccn2)cc1. The third-order valence-electron chi connectivity index (χ3n) is 3.99. The molecule has 0 saturated carbocycles. The molecule has 0 amide bonds. The summed E-state index contributed by atoms with van der Waals surface area (Å²) in [6.07, 6.45) is 1.86. The summed E-state index contributed by atoms with van der Waals surface area (Å²) in [4.78, 5) is 9.33. The molecule has 2 heterocycles. The van der Waals surface area contributed by atoms with Gasteiger partial charge in [-0.2, -0.15) is 0 Å². The lowest BCUT2D eigenvalue weighted by Crippen LogP contribution is -2.41. The van der Waals surface area contributed by atoms with E-state index in [1.54, 1.807) is 0 Å². The smallest absolute Gasteiger partial charge is 0.0602 e. The van der Waals surface area contributed by atoms with Gasteiger partial charge in [-0.3, -0.25) is 9.88 Å². The van der Waals surface area contributed by atoms with Crippen LogP contribution in [0, 0.1) is 0 Å². The van der Waals surface area contributed by atoms with Crippen molar-refractivity contribution in [3.05, 3.63) is 60.4 Å². The van der Waals surface area contributed by atoms with Crippen LogP contribution in [-0.2, 0) is 11.3 Å². The Balaban J connectivity index is 1.66. The zero-order valence-electron chi connectivity index (χ0n) is 12.9. The molecule has 1 aliphatic rings. The first-order chi connectivity index (χ1) is 10.9. The molecule has 1 aromatic carbocycles. The second kappa shape index (κ2) is 7.92. The van der Waals surface area contributed by atoms with Crippen molar-refractivity contribution in [2.45, 2.75) is 6.54 Å². The highest BCUT2D eigenvalue weighted by Crippen LogP contribution is 2.16. The van der Waals surface area contributed by atoms with E-state index in [1.165, 1.54) is 5.69 Å². The van der Waals surface area contributed by atoms with E-state index in [-0.39, 0.29) is 0 Å². The summed E-state index contributed by atoms with van der Waals surface area (Å²) in [6, 6.07) is 16.7. The van der Waals surface area contributed by atoms with E-state index in [0.717, 1.165) is 51.6 Å². The number of aromatic nitrogens is 1. The van der Waals surface area contributed by atoms with Gasteiger partial charge in [0.1, 0.15) is 0 Å². The van der Waals surface area contributed by atoms with Crippen molar-refractivity contribution >= 4 is 5.69 Å². The minimum absolute atomic E-state index is 0.842. The fourth-order valence-electron chi connectivity index (χ4n) is 2.71. The van der Waals surface area contributed by atoms with Crippen LogP contribution in [0.4, 0.5) is 5.69 Å². The van der Waals surface area contributed by atoms with Gasteiger partial charge in [0.05, 0.1) is 25.5 Å². The number of hydrogen-bond donors (Lipinski definition) is 0. The van der Waals surface area contributed by atoms with Gasteiger partial charge in [-0.1, -0.05) is 24.3 Å². The van der Waals surface area contributed by atoms with Gasteiger partial charge >= 0.3 is 0 Å². The van der Waals surface area contributed by atoms with Crippen molar-refractivity contribution in [1.29, 1.82) is 0 Å². The van der Waals surface area contributed by atoms with Crippen molar-refractivity contribution in [2.24, 2.45) is 0 Å². The van der Waals surface area contributed by atoms with E-state index in [2.05, 4.69) is 51.2 Å². The number of anilines is 1. The van der Waals surface area contributed by atoms with Gasteiger partial charge in [0.25, 0.3) is 0 Å². The van der Waals surface area contributed by atoms with E-state index in [9.17, 15) is 0 Å². The summed E-state index contributed by atoms with van der Waals surface area (Å²) in [5.41, 5.74) is 2.36. The molecule has 1 fully saturated rings. The molecule has 1 saturated heterocycles. The zero-order chi connectivity index (χ0) is 15.0. The molecule has 0 radical (unpaired) electrons. The van der Waals surface area contributed by atoms with Crippen molar-refractivity contribution in [1.82, 2.24) is 9.88 Å². The van der Waals surface area contributed by atoms with E-state index in [1.807, 2.05) is 18.3 Å². The number of nitrogens with zero attached hydrogens (tertiary/aromatic N) is 3. The Morgan fingerprint density at radius 1 is 1.00 bits per heavy atom. The fraction of sp³-hybridized carbons (Fsp3) is 0.389. The highest BCUT2D eigenvalue weighted by atomic mass is 16.5. The van der Waals surface area contributed by atoms with Crippen molar-refractivity contribution in [3.63, 3.8) is 0 Å². The maximum Gasteiger partial charge on any atom is 0.0602 e. The van der Waals surface area contributed by atoms with E-state index in [0.29, 0.717) is 0 Å². The van der Waals surface area contributed by atoms with E-state index < -0.39 is 0 Å². The third-order valence-corrected chi connectivity index (χ3v) is 3.99. The van der Waals surface area contributed by atoms with Crippen LogP contribution in [-0.4, -0.2) is 49.3 Å². The van der Waals surface area contributed by atoms with Crippen LogP contribution in [0.15, 0.2) is 54.7 Å². The number of benzene rings is 1. The first-order valence-electron chi connectivity index (χ1n) is 7.92. The number of morpholine rings is 1. The number of rotatable bonds is 6. The molecule has 3 rings (SSSR count). The van der Waals surface area contributed by atoms with Crippen LogP contribution in [0.5, 0.6) is 0 Å². The van der Waals surface area contributed by atoms with Crippen molar-refractivity contribution in [2.75, 3.05) is 44.3 Å². The molecule has 4 heteroatoms. The molecule has 0 bridgehead atoms. The lowest BCUT2D eigenvalue weighted by atomic mass is 10.2. The summed E-state index contributed by atoms with van der Waals surface area (Å²) >= 11 is 0. The highest BCUT2D eigenvalue weighted by Gasteiger charge is 2.13. The van der Waals surface area contributed by atoms with Gasteiger partial charge in [-0.25, -0.2) is 0 Å². The third kappa shape index (κ3) is 4.29. The van der Waals surface area contributed by atoms with Crippen LogP contribution >= 0.6 is 0 Å². The molecular formula is C18H23N3O. The molecule has 0 atom stereocenters. The van der Waals surface area contributed by atoms with Gasteiger partial charge in [-0.15, -0.1) is 0 Å². The predicted molar refractivity (Wildman–Crippen MR) is 89.0 cm³/mol. The molecular weight excluding hydrogens is 274 g/mol. The molecule has 0 aliphatic carbocycles. The summed E-state index contributed by atoms with van der Waals surface area (Å²) in [7, 11) is 0. The number of hydrogen-bond acceptors (Lipinski definition) is 4. The maximum absolute atomic E-state index is 5.42. The predicted octanol–water partition coefficient (Wildman–Crippen LogP) is 2.42. The van der Waals surface area contributed by atoms with Crippen LogP contribution in [0.25, 0.3) is 0 Å². The van der Waals surface area contributed by atoms with Crippen LogP contribution in [0.1, 0.15) is 5.69 Å². The molecule has 1 aliphatic heterocycles. The van der Waals surface area contributed by atoms with Crippen molar-refractivity contribution in [3.8, 4) is 0 Å². The standard InChI is InChI=1S/C18H23N3O/c1-2-7-18(8-3-1)21(16-17-6-4-5-9-19-17)11-10-20-12-14-22-15-13-20/h1-9H,10-16H2. The van der Waals surface area contributed by atoms with Crippen LogP contribution < -0.4 is 4.90 Å². The van der Waals surface area contributed by atoms with Gasteiger partial charge < -0.3 is 9.64 Å². The van der Waals surface area contributed by atoms with Crippen LogP contribution in [0.2, 0.25) is 0 Å². The first kappa shape index (κ1) is 15.0. The number of para-hydroxylation sites is 1. The van der Waals surface area contributed by atoms with E-state index >= 15 is 0 Å². The lowest BCUT2D eigenvalue weighted by molar-refractivity contribution is 0.0391. The molecule has 2 aromatic rings. The zero-order valence-corrected chi connectivity index (χ0v) is 12.9. The maximum atomic E-state index is 5.42. The second-order valence-corrected chi connectivity index (χ2v) is 5.53. The van der Waals surface area contributed by atoms with Gasteiger partial charge in [0.2, 0.25) is 0 Å². The van der Waals surface area contributed by atoms with Crippen molar-refractivity contribution < 1.29 is 4.74 Å². The van der Waals surface area contributed by atoms with E-state index in [4.69, 9.17) is 4.74 Å². The molecule has 0 spiro atoms. The minimum Gasteiger partial charge on any atom is -0.379 e. The Labute approximate surface area is 132 Å². The summed E-state index contributed by atoms with van der Waals surface area (Å²) in [6.45, 7) is 6.68. The average Bonchev–Trinajstić information content (AvgIpc) is 2.61.